The lowest BCUT2D eigenvalue weighted by Crippen LogP contribution is -2.68. The number of carbonyl (C=O) groups excluding carboxylic acids is 2. The predicted molar refractivity (Wildman–Crippen MR) is 212 cm³/mol. The average Bonchev–Trinajstić information content (AvgIpc) is 3.51. The molecule has 6 rings (SSSR count). The number of rotatable bonds is 10. The van der Waals surface area contributed by atoms with E-state index in [1.54, 1.807) is 69.3 Å². The van der Waals surface area contributed by atoms with Crippen molar-refractivity contribution in [3.05, 3.63) is 105 Å². The van der Waals surface area contributed by atoms with Crippen molar-refractivity contribution in [2.24, 2.45) is 0 Å². The number of fused-ring (bicyclic) bond motifs is 2. The number of hydrogen-bond acceptors (Lipinski definition) is 8. The Morgan fingerprint density at radius 1 is 0.903 bits per heavy atom. The minimum atomic E-state index is -5.30. The maximum absolute atomic E-state index is 16.5. The fourth-order valence-corrected chi connectivity index (χ4v) is 8.24. The summed E-state index contributed by atoms with van der Waals surface area (Å²) >= 11 is 6.45. The number of carbonyl (C=O) groups is 2. The van der Waals surface area contributed by atoms with Crippen LogP contribution in [0.25, 0.3) is 11.3 Å². The SMILES string of the molecule is COc1ccc(CN(Cc2ccc(OC)cc2)c2cc(-c3nc(Cl)c(C(=O)N4C[C@@H]5CC[C@H]([C@H]4[C@@H](O)C(F)(F)F)N5C(=O)OC(C)(C)C)cc3F)c(C(F)(F)F)c(C)c2F)cc1. The second-order valence-corrected chi connectivity index (χ2v) is 16.4. The number of alkyl halides is 6. The zero-order valence-electron chi connectivity index (χ0n) is 34.3. The van der Waals surface area contributed by atoms with Gasteiger partial charge in [-0.25, -0.2) is 18.6 Å². The lowest BCUT2D eigenvalue weighted by atomic mass is 9.94. The van der Waals surface area contributed by atoms with Gasteiger partial charge in [0, 0.05) is 25.2 Å². The molecule has 2 saturated heterocycles. The Morgan fingerprint density at radius 3 is 1.94 bits per heavy atom. The lowest BCUT2D eigenvalue weighted by molar-refractivity contribution is -0.227. The van der Waals surface area contributed by atoms with E-state index in [1.165, 1.54) is 19.1 Å². The van der Waals surface area contributed by atoms with Gasteiger partial charge >= 0.3 is 18.4 Å². The monoisotopic (exact) mass is 898 g/mol. The zero-order valence-corrected chi connectivity index (χ0v) is 35.1. The third-order valence-corrected chi connectivity index (χ3v) is 11.1. The van der Waals surface area contributed by atoms with Gasteiger partial charge in [-0.15, -0.1) is 0 Å². The Hall–Kier alpha value is -5.36. The average molecular weight is 899 g/mol. The van der Waals surface area contributed by atoms with E-state index < -0.39 is 105 Å². The molecule has 2 amide bonds. The number of aliphatic hydroxyl groups is 1. The van der Waals surface area contributed by atoms with E-state index in [0.29, 0.717) is 33.6 Å². The molecule has 2 bridgehead atoms. The van der Waals surface area contributed by atoms with Gasteiger partial charge in [-0.3, -0.25) is 9.69 Å². The van der Waals surface area contributed by atoms with Gasteiger partial charge < -0.3 is 29.1 Å². The highest BCUT2D eigenvalue weighted by Crippen LogP contribution is 2.45. The molecule has 4 aromatic rings. The molecule has 10 nitrogen and oxygen atoms in total. The van der Waals surface area contributed by atoms with E-state index in [0.717, 1.165) is 17.9 Å². The van der Waals surface area contributed by atoms with Crippen LogP contribution in [0.15, 0.2) is 60.7 Å². The Kier molecular flexibility index (Phi) is 13.0. The number of pyridine rings is 1. The molecule has 62 heavy (non-hydrogen) atoms. The molecule has 2 fully saturated rings. The smallest absolute Gasteiger partial charge is 0.417 e. The normalized spacial score (nSPS) is 18.4. The van der Waals surface area contributed by atoms with Crippen LogP contribution in [0.4, 0.5) is 45.6 Å². The van der Waals surface area contributed by atoms with Gasteiger partial charge in [0.15, 0.2) is 6.10 Å². The van der Waals surface area contributed by atoms with Crippen molar-refractivity contribution in [2.45, 2.75) is 95.8 Å². The van der Waals surface area contributed by atoms with Crippen LogP contribution in [0, 0.1) is 18.6 Å². The molecule has 0 aliphatic carbocycles. The number of amides is 2. The first-order valence-electron chi connectivity index (χ1n) is 19.3. The van der Waals surface area contributed by atoms with Crippen molar-refractivity contribution >= 4 is 29.3 Å². The highest BCUT2D eigenvalue weighted by Gasteiger charge is 2.58. The summed E-state index contributed by atoms with van der Waals surface area (Å²) in [5, 5.41) is 9.74. The second kappa shape index (κ2) is 17.4. The van der Waals surface area contributed by atoms with Crippen LogP contribution < -0.4 is 14.4 Å². The summed E-state index contributed by atoms with van der Waals surface area (Å²) in [5.74, 6) is -3.12. The number of aromatic nitrogens is 1. The van der Waals surface area contributed by atoms with E-state index >= 15 is 8.78 Å². The van der Waals surface area contributed by atoms with Gasteiger partial charge in [-0.2, -0.15) is 26.3 Å². The number of likely N-dealkylation sites (tertiary alicyclic amines) is 1. The van der Waals surface area contributed by atoms with E-state index in [4.69, 9.17) is 25.8 Å². The van der Waals surface area contributed by atoms with Crippen molar-refractivity contribution in [3.8, 4) is 22.8 Å². The quantitative estimate of drug-likeness (QED) is 0.124. The highest BCUT2D eigenvalue weighted by atomic mass is 35.5. The third-order valence-electron chi connectivity index (χ3n) is 10.8. The fraction of sp³-hybridized carbons (Fsp3) is 0.419. The first-order valence-corrected chi connectivity index (χ1v) is 19.7. The first kappa shape index (κ1) is 46.2. The van der Waals surface area contributed by atoms with Crippen LogP contribution in [0.1, 0.15) is 66.2 Å². The van der Waals surface area contributed by atoms with Gasteiger partial charge in [-0.1, -0.05) is 35.9 Å². The van der Waals surface area contributed by atoms with Crippen molar-refractivity contribution in [1.29, 1.82) is 0 Å². The van der Waals surface area contributed by atoms with Crippen LogP contribution in [0.5, 0.6) is 11.5 Å². The summed E-state index contributed by atoms with van der Waals surface area (Å²) in [7, 11) is 2.92. The van der Waals surface area contributed by atoms with Crippen LogP contribution in [0.3, 0.4) is 0 Å². The maximum atomic E-state index is 16.5. The second-order valence-electron chi connectivity index (χ2n) is 16.1. The topological polar surface area (TPSA) is 105 Å². The first-order chi connectivity index (χ1) is 28.9. The predicted octanol–water partition coefficient (Wildman–Crippen LogP) is 9.75. The molecule has 3 heterocycles. The minimum Gasteiger partial charge on any atom is -0.497 e. The van der Waals surface area contributed by atoms with Crippen LogP contribution >= 0.6 is 11.6 Å². The standard InChI is InChI=1S/C43H43ClF8N4O6/c1-22-33(42(47,48)49)28(18-32(34(22)46)54(19-23-7-12-26(60-5)13-8-23)20-24-9-14-27(61-6)15-10-24)35-30(45)17-29(38(44)53-35)39(58)55-21-25-11-16-31(36(55)37(57)43(50,51)52)56(25)40(59)62-41(2,3)4/h7-10,12-15,17-18,25,31,36-37,57H,11,16,19-21H2,1-6H3/t25-,31+,36-,37+/m0/s1. The molecule has 1 N–H and O–H groups in total. The zero-order chi connectivity index (χ0) is 45.6. The van der Waals surface area contributed by atoms with Crippen LogP contribution in [0.2, 0.25) is 5.15 Å². The molecule has 3 aromatic carbocycles. The van der Waals surface area contributed by atoms with E-state index in [9.17, 15) is 41.0 Å². The van der Waals surface area contributed by atoms with Crippen molar-refractivity contribution in [3.63, 3.8) is 0 Å². The van der Waals surface area contributed by atoms with Gasteiger partial charge in [0.1, 0.15) is 39.6 Å². The molecule has 0 unspecified atom stereocenters. The molecule has 4 atom stereocenters. The number of aliphatic hydroxyl groups excluding tert-OH is 1. The van der Waals surface area contributed by atoms with Crippen molar-refractivity contribution in [2.75, 3.05) is 25.7 Å². The van der Waals surface area contributed by atoms with Gasteiger partial charge in [-0.05, 0) is 93.6 Å². The number of benzene rings is 3. The van der Waals surface area contributed by atoms with Crippen molar-refractivity contribution < 1.29 is 64.0 Å². The number of anilines is 1. The molecule has 2 aliphatic rings. The summed E-state index contributed by atoms with van der Waals surface area (Å²) < 4.78 is 136. The summed E-state index contributed by atoms with van der Waals surface area (Å²) in [5.41, 5.74) is -5.50. The maximum Gasteiger partial charge on any atom is 0.417 e. The molecule has 0 saturated carbocycles. The largest absolute Gasteiger partial charge is 0.497 e. The highest BCUT2D eigenvalue weighted by molar-refractivity contribution is 6.32. The number of ether oxygens (including phenoxy) is 3. The Balaban J connectivity index is 1.44. The van der Waals surface area contributed by atoms with Gasteiger partial charge in [0.2, 0.25) is 0 Å². The lowest BCUT2D eigenvalue weighted by Gasteiger charge is -2.48. The third kappa shape index (κ3) is 9.50. The molecule has 0 radical (unpaired) electrons. The molecule has 0 spiro atoms. The van der Waals surface area contributed by atoms with Crippen molar-refractivity contribution in [1.82, 2.24) is 14.8 Å². The Morgan fingerprint density at radius 2 is 1.45 bits per heavy atom. The van der Waals surface area contributed by atoms with Crippen LogP contribution in [-0.2, 0) is 24.0 Å². The van der Waals surface area contributed by atoms with E-state index in [1.807, 2.05) is 0 Å². The number of hydrogen-bond donors (Lipinski definition) is 1. The number of halogens is 9. The van der Waals surface area contributed by atoms with E-state index in [2.05, 4.69) is 4.98 Å². The number of methoxy groups -OCH3 is 2. The molecule has 2 aliphatic heterocycles. The molecular weight excluding hydrogens is 856 g/mol. The molecular formula is C43H43ClF8N4O6. The molecule has 1 aromatic heterocycles. The summed E-state index contributed by atoms with van der Waals surface area (Å²) in [6.45, 7) is 4.84. The molecule has 19 heteroatoms. The minimum absolute atomic E-state index is 0.0601. The fourth-order valence-electron chi connectivity index (χ4n) is 8.02. The summed E-state index contributed by atoms with van der Waals surface area (Å²) in [4.78, 5) is 34.3. The summed E-state index contributed by atoms with van der Waals surface area (Å²) in [6.07, 6.45) is -14.7. The van der Waals surface area contributed by atoms with E-state index in [-0.39, 0.29) is 31.6 Å². The van der Waals surface area contributed by atoms with Crippen LogP contribution in [-0.4, -0.2) is 88.7 Å². The molecule has 334 valence electrons. The Labute approximate surface area is 356 Å². The van der Waals surface area contributed by atoms with Gasteiger partial charge in [0.25, 0.3) is 5.91 Å². The number of piperazine rings is 1. The van der Waals surface area contributed by atoms with Gasteiger partial charge in [0.05, 0.1) is 49.2 Å². The summed E-state index contributed by atoms with van der Waals surface area (Å²) in [6, 6.07) is 10.1. The number of nitrogens with zero attached hydrogens (tertiary/aromatic N) is 4. The Bertz CT molecular complexity index is 2260.